The van der Waals surface area contributed by atoms with Gasteiger partial charge in [0.15, 0.2) is 0 Å². The van der Waals surface area contributed by atoms with Gasteiger partial charge in [-0.3, -0.25) is 19.3 Å². The van der Waals surface area contributed by atoms with Crippen LogP contribution in [0.25, 0.3) is 0 Å². The van der Waals surface area contributed by atoms with Crippen LogP contribution in [0.2, 0.25) is 0 Å². The summed E-state index contributed by atoms with van der Waals surface area (Å²) in [5, 5.41) is 12.6. The number of carbonyl (C=O) groups excluding carboxylic acids is 3. The predicted molar refractivity (Wildman–Crippen MR) is 186 cm³/mol. The smallest absolute Gasteiger partial charge is 0.325 e. The summed E-state index contributed by atoms with van der Waals surface area (Å²) in [5.41, 5.74) is 1.80. The van der Waals surface area contributed by atoms with Crippen LogP contribution >= 0.6 is 22.6 Å². The Morgan fingerprint density at radius 1 is 0.938 bits per heavy atom. The lowest BCUT2D eigenvalue weighted by molar-refractivity contribution is -0.180. The molecule has 244 valence electrons. The number of carbonyl (C=O) groups is 3. The van der Waals surface area contributed by atoms with Crippen molar-refractivity contribution < 1.29 is 33.7 Å². The Labute approximate surface area is 291 Å². The summed E-state index contributed by atoms with van der Waals surface area (Å²) in [6.07, 6.45) is 0.688. The lowest BCUT2D eigenvalue weighted by atomic mass is 9.65. The maximum atomic E-state index is 14.9. The monoisotopic (exact) mass is 756 g/mol. The standard InChI is InChI=1S/C38H33IN2O7/c1-2-19-47-35(43)30-32-36(44)48-33(24-12-7-4-8-13-24)31(23-10-5-3-6-11-23)41(32)34(25-14-9-15-27(21-25)46-20-18-42)38(30)28-22-26(39)16-17-29(28)40-37(38)45/h2-17,21-22,30-34,42H,1,18-20H2,(H,40,45)/t30-,31-,32?,33+,34+,38-/m1/s1. The molecule has 3 heterocycles. The molecule has 9 nitrogen and oxygen atoms in total. The van der Waals surface area contributed by atoms with E-state index in [-0.39, 0.29) is 19.8 Å². The number of morpholine rings is 1. The first-order valence-electron chi connectivity index (χ1n) is 15.7. The summed E-state index contributed by atoms with van der Waals surface area (Å²) < 4.78 is 18.8. The number of esters is 2. The van der Waals surface area contributed by atoms with Crippen molar-refractivity contribution in [2.75, 3.05) is 25.1 Å². The molecule has 0 bridgehead atoms. The quantitative estimate of drug-likeness (QED) is 0.128. The Kier molecular flexibility index (Phi) is 8.80. The second-order valence-corrected chi connectivity index (χ2v) is 13.2. The highest BCUT2D eigenvalue weighted by Gasteiger charge is 2.74. The highest BCUT2D eigenvalue weighted by Crippen LogP contribution is 2.65. The van der Waals surface area contributed by atoms with Gasteiger partial charge in [-0.15, -0.1) is 0 Å². The van der Waals surface area contributed by atoms with Crippen LogP contribution in [0.15, 0.2) is 116 Å². The number of hydrogen-bond acceptors (Lipinski definition) is 8. The third kappa shape index (κ3) is 5.19. The van der Waals surface area contributed by atoms with E-state index in [2.05, 4.69) is 34.5 Å². The van der Waals surface area contributed by atoms with Gasteiger partial charge in [-0.05, 0) is 75.2 Å². The van der Waals surface area contributed by atoms with Crippen LogP contribution in [0.4, 0.5) is 5.69 Å². The zero-order chi connectivity index (χ0) is 33.4. The molecule has 2 saturated heterocycles. The fourth-order valence-electron chi connectivity index (χ4n) is 7.70. The molecule has 10 heteroatoms. The van der Waals surface area contributed by atoms with E-state index < -0.39 is 53.4 Å². The van der Waals surface area contributed by atoms with Crippen molar-refractivity contribution >= 4 is 46.1 Å². The Balaban J connectivity index is 1.56. The minimum atomic E-state index is -1.62. The van der Waals surface area contributed by atoms with Gasteiger partial charge in [-0.25, -0.2) is 0 Å². The van der Waals surface area contributed by atoms with Crippen LogP contribution in [0, 0.1) is 9.49 Å². The second-order valence-electron chi connectivity index (χ2n) is 12.0. The van der Waals surface area contributed by atoms with Crippen LogP contribution < -0.4 is 10.1 Å². The summed E-state index contributed by atoms with van der Waals surface area (Å²) in [6, 6.07) is 29.4. The van der Waals surface area contributed by atoms with Gasteiger partial charge >= 0.3 is 11.9 Å². The van der Waals surface area contributed by atoms with E-state index in [0.717, 1.165) is 14.7 Å². The van der Waals surface area contributed by atoms with Crippen molar-refractivity contribution in [1.82, 2.24) is 4.90 Å². The predicted octanol–water partition coefficient (Wildman–Crippen LogP) is 5.66. The average Bonchev–Trinajstić information content (AvgIpc) is 3.59. The molecule has 6 atom stereocenters. The van der Waals surface area contributed by atoms with E-state index in [1.54, 1.807) is 6.07 Å². The van der Waals surface area contributed by atoms with Crippen molar-refractivity contribution in [2.45, 2.75) is 29.6 Å². The molecule has 4 aromatic rings. The number of fused-ring (bicyclic) bond motifs is 3. The number of cyclic esters (lactones) is 1. The largest absolute Gasteiger partial charge is 0.491 e. The number of benzene rings is 4. The van der Waals surface area contributed by atoms with Gasteiger partial charge in [0.2, 0.25) is 5.91 Å². The van der Waals surface area contributed by atoms with E-state index >= 15 is 0 Å². The maximum absolute atomic E-state index is 14.9. The molecular formula is C38H33IN2O7. The number of hydrogen-bond donors (Lipinski definition) is 2. The van der Waals surface area contributed by atoms with E-state index in [0.29, 0.717) is 22.6 Å². The highest BCUT2D eigenvalue weighted by atomic mass is 127. The fourth-order valence-corrected chi connectivity index (χ4v) is 8.19. The van der Waals surface area contributed by atoms with Gasteiger partial charge in [0, 0.05) is 9.26 Å². The lowest BCUT2D eigenvalue weighted by Gasteiger charge is -2.46. The van der Waals surface area contributed by atoms with Crippen LogP contribution in [-0.4, -0.2) is 53.7 Å². The molecule has 3 aliphatic rings. The lowest BCUT2D eigenvalue weighted by Crippen LogP contribution is -2.52. The minimum Gasteiger partial charge on any atom is -0.491 e. The highest BCUT2D eigenvalue weighted by molar-refractivity contribution is 14.1. The van der Waals surface area contributed by atoms with E-state index in [1.165, 1.54) is 6.08 Å². The summed E-state index contributed by atoms with van der Waals surface area (Å²) in [7, 11) is 0. The van der Waals surface area contributed by atoms with Crippen LogP contribution in [0.3, 0.4) is 0 Å². The van der Waals surface area contributed by atoms with Crippen molar-refractivity contribution in [2.24, 2.45) is 5.92 Å². The van der Waals surface area contributed by atoms with E-state index in [1.807, 2.05) is 102 Å². The molecule has 0 radical (unpaired) electrons. The molecule has 7 rings (SSSR count). The average molecular weight is 757 g/mol. The molecule has 4 aromatic carbocycles. The van der Waals surface area contributed by atoms with Gasteiger partial charge < -0.3 is 24.6 Å². The molecule has 2 fully saturated rings. The molecule has 1 unspecified atom stereocenters. The number of halogens is 1. The van der Waals surface area contributed by atoms with Crippen LogP contribution in [-0.2, 0) is 29.3 Å². The molecule has 48 heavy (non-hydrogen) atoms. The third-order valence-electron chi connectivity index (χ3n) is 9.40. The molecule has 2 N–H and O–H groups in total. The molecule has 0 aliphatic carbocycles. The van der Waals surface area contributed by atoms with Crippen molar-refractivity contribution in [3.63, 3.8) is 0 Å². The zero-order valence-corrected chi connectivity index (χ0v) is 28.0. The second kappa shape index (κ2) is 13.2. The number of rotatable bonds is 9. The topological polar surface area (TPSA) is 114 Å². The summed E-state index contributed by atoms with van der Waals surface area (Å²) in [5.74, 6) is -2.57. The Hall–Kier alpha value is -4.52. The summed E-state index contributed by atoms with van der Waals surface area (Å²) >= 11 is 2.19. The maximum Gasteiger partial charge on any atom is 0.325 e. The number of nitrogens with one attached hydrogen (secondary N) is 1. The normalized spacial score (nSPS) is 25.9. The third-order valence-corrected chi connectivity index (χ3v) is 10.1. The fraction of sp³-hybridized carbons (Fsp3) is 0.237. The van der Waals surface area contributed by atoms with E-state index in [4.69, 9.17) is 14.2 Å². The first kappa shape index (κ1) is 32.0. The van der Waals surface area contributed by atoms with Gasteiger partial charge in [-0.1, -0.05) is 85.5 Å². The van der Waals surface area contributed by atoms with E-state index in [9.17, 15) is 19.5 Å². The number of nitrogens with zero attached hydrogens (tertiary/aromatic N) is 1. The number of aliphatic hydroxyl groups is 1. The van der Waals surface area contributed by atoms with Crippen molar-refractivity contribution in [3.05, 3.63) is 142 Å². The van der Waals surface area contributed by atoms with Gasteiger partial charge in [-0.2, -0.15) is 0 Å². The number of amides is 1. The van der Waals surface area contributed by atoms with Gasteiger partial charge in [0.05, 0.1) is 18.7 Å². The number of ether oxygens (including phenoxy) is 3. The molecule has 0 aromatic heterocycles. The van der Waals surface area contributed by atoms with Crippen LogP contribution in [0.1, 0.15) is 40.4 Å². The molecular weight excluding hydrogens is 723 g/mol. The molecule has 3 aliphatic heterocycles. The first-order chi connectivity index (χ1) is 23.4. The Morgan fingerprint density at radius 2 is 1.65 bits per heavy atom. The summed E-state index contributed by atoms with van der Waals surface area (Å²) in [4.78, 5) is 45.9. The molecule has 1 spiro atoms. The van der Waals surface area contributed by atoms with Crippen LogP contribution in [0.5, 0.6) is 5.75 Å². The number of aliphatic hydroxyl groups excluding tert-OH is 1. The summed E-state index contributed by atoms with van der Waals surface area (Å²) in [6.45, 7) is 3.49. The Bertz CT molecular complexity index is 1870. The number of anilines is 1. The molecule has 0 saturated carbocycles. The van der Waals surface area contributed by atoms with Crippen molar-refractivity contribution in [1.29, 1.82) is 0 Å². The first-order valence-corrected chi connectivity index (χ1v) is 16.8. The van der Waals surface area contributed by atoms with Gasteiger partial charge in [0.1, 0.15) is 42.4 Å². The SMILES string of the molecule is C=CCOC(=O)[C@H]1C2C(=O)O[C@@H](c3ccccc3)[C@@H](c3ccccc3)N2[C@@H](c2cccc(OCCO)c2)[C@]12C(=O)Nc1ccc(I)cc12. The minimum absolute atomic E-state index is 0.0681. The van der Waals surface area contributed by atoms with Gasteiger partial charge in [0.25, 0.3) is 0 Å². The Morgan fingerprint density at radius 3 is 2.35 bits per heavy atom. The van der Waals surface area contributed by atoms with Crippen molar-refractivity contribution in [3.8, 4) is 5.75 Å². The molecule has 1 amide bonds. The zero-order valence-electron chi connectivity index (χ0n) is 25.8.